The summed E-state index contributed by atoms with van der Waals surface area (Å²) in [6, 6.07) is 8.00. The fourth-order valence-electron chi connectivity index (χ4n) is 3.56. The molecule has 5 nitrogen and oxygen atoms in total. The average Bonchev–Trinajstić information content (AvgIpc) is 2.62. The van der Waals surface area contributed by atoms with Crippen molar-refractivity contribution in [3.05, 3.63) is 46.6 Å². The molecule has 0 bridgehead atoms. The van der Waals surface area contributed by atoms with Crippen molar-refractivity contribution >= 4 is 23.4 Å². The van der Waals surface area contributed by atoms with Crippen LogP contribution >= 0.6 is 11.6 Å². The first-order valence-corrected chi connectivity index (χ1v) is 8.86. The molecule has 1 aromatic carbocycles. The predicted molar refractivity (Wildman–Crippen MR) is 95.7 cm³/mol. The van der Waals surface area contributed by atoms with Crippen molar-refractivity contribution in [2.45, 2.75) is 31.9 Å². The zero-order valence-corrected chi connectivity index (χ0v) is 14.3. The van der Waals surface area contributed by atoms with Crippen molar-refractivity contribution in [3.8, 4) is 0 Å². The molecule has 1 N–H and O–H groups in total. The Balaban J connectivity index is 1.56. The monoisotopic (exact) mass is 344 g/mol. The first-order valence-electron chi connectivity index (χ1n) is 8.48. The number of hydrogen-bond donors (Lipinski definition) is 1. The molecule has 0 saturated carbocycles. The number of hydrogen-bond acceptors (Lipinski definition) is 5. The highest BCUT2D eigenvalue weighted by Crippen LogP contribution is 2.28. The molecular weight excluding hydrogens is 324 g/mol. The minimum Gasteiger partial charge on any atom is -0.391 e. The minimum atomic E-state index is -0.263. The molecule has 2 aliphatic heterocycles. The maximum absolute atomic E-state index is 9.89. The third kappa shape index (κ3) is 3.06. The van der Waals surface area contributed by atoms with E-state index >= 15 is 0 Å². The van der Waals surface area contributed by atoms with Crippen LogP contribution in [0.3, 0.4) is 0 Å². The third-order valence-corrected chi connectivity index (χ3v) is 5.19. The van der Waals surface area contributed by atoms with E-state index < -0.39 is 0 Å². The third-order valence-electron chi connectivity index (χ3n) is 4.84. The summed E-state index contributed by atoms with van der Waals surface area (Å²) in [6.45, 7) is 3.23. The van der Waals surface area contributed by atoms with Crippen LogP contribution in [0.4, 0.5) is 11.8 Å². The number of aromatic nitrogens is 2. The first-order chi connectivity index (χ1) is 11.7. The van der Waals surface area contributed by atoms with E-state index in [9.17, 15) is 5.11 Å². The molecule has 0 amide bonds. The maximum atomic E-state index is 9.89. The van der Waals surface area contributed by atoms with Gasteiger partial charge in [-0.1, -0.05) is 23.7 Å². The number of rotatable bonds is 2. The summed E-state index contributed by atoms with van der Waals surface area (Å²) in [4.78, 5) is 13.6. The molecule has 2 aliphatic rings. The number of aliphatic hydroxyl groups is 1. The molecule has 6 heteroatoms. The van der Waals surface area contributed by atoms with Gasteiger partial charge in [0.15, 0.2) is 0 Å². The lowest BCUT2D eigenvalue weighted by Gasteiger charge is -2.33. The van der Waals surface area contributed by atoms with Crippen LogP contribution in [-0.2, 0) is 13.0 Å². The van der Waals surface area contributed by atoms with Crippen molar-refractivity contribution in [2.75, 3.05) is 29.4 Å². The Kier molecular flexibility index (Phi) is 4.29. The molecule has 1 unspecified atom stereocenters. The van der Waals surface area contributed by atoms with E-state index in [4.69, 9.17) is 16.6 Å². The number of anilines is 2. The van der Waals surface area contributed by atoms with Gasteiger partial charge in [-0.25, -0.2) is 4.98 Å². The van der Waals surface area contributed by atoms with Crippen LogP contribution in [-0.4, -0.2) is 40.8 Å². The van der Waals surface area contributed by atoms with Gasteiger partial charge in [-0.05, 0) is 42.5 Å². The summed E-state index contributed by atoms with van der Waals surface area (Å²) in [6.07, 6.45) is 4.33. The molecule has 0 radical (unpaired) electrons. The number of benzene rings is 1. The van der Waals surface area contributed by atoms with E-state index in [2.05, 4.69) is 20.9 Å². The topological polar surface area (TPSA) is 52.5 Å². The van der Waals surface area contributed by atoms with Crippen LogP contribution < -0.4 is 9.80 Å². The van der Waals surface area contributed by atoms with Gasteiger partial charge in [0.2, 0.25) is 5.95 Å². The highest BCUT2D eigenvalue weighted by Gasteiger charge is 2.22. The van der Waals surface area contributed by atoms with Gasteiger partial charge in [0.1, 0.15) is 5.82 Å². The normalized spacial score (nSPS) is 20.8. The molecule has 3 heterocycles. The largest absolute Gasteiger partial charge is 0.391 e. The molecule has 2 aromatic rings. The number of β-amino-alcohol motifs (C(OH)–C–C–N with tert-alkyl or cyclic N) is 1. The number of aliphatic hydroxyl groups excluding tert-OH is 1. The lowest BCUT2D eigenvalue weighted by atomic mass is 10.00. The molecule has 24 heavy (non-hydrogen) atoms. The Morgan fingerprint density at radius 1 is 1.17 bits per heavy atom. The summed E-state index contributed by atoms with van der Waals surface area (Å²) in [5.74, 6) is 1.65. The molecule has 0 spiro atoms. The second-order valence-corrected chi connectivity index (χ2v) is 6.91. The summed E-state index contributed by atoms with van der Waals surface area (Å²) in [5.41, 5.74) is 2.49. The molecule has 1 atom stereocenters. The zero-order valence-electron chi connectivity index (χ0n) is 13.5. The molecule has 1 saturated heterocycles. The standard InChI is InChI=1S/C18H21ClN4O/c19-16-5-1-3-13-11-23(10-7-15(13)16)18-20-8-6-17(21-18)22-9-2-4-14(24)12-22/h1,3,5-6,8,14,24H,2,4,7,9-12H2. The Morgan fingerprint density at radius 3 is 2.96 bits per heavy atom. The molecule has 1 aromatic heterocycles. The van der Waals surface area contributed by atoms with E-state index in [1.165, 1.54) is 11.1 Å². The van der Waals surface area contributed by atoms with E-state index in [1.54, 1.807) is 0 Å². The van der Waals surface area contributed by atoms with Gasteiger partial charge in [-0.2, -0.15) is 4.98 Å². The average molecular weight is 345 g/mol. The second-order valence-electron chi connectivity index (χ2n) is 6.51. The quantitative estimate of drug-likeness (QED) is 0.907. The van der Waals surface area contributed by atoms with Crippen molar-refractivity contribution in [2.24, 2.45) is 0 Å². The van der Waals surface area contributed by atoms with Crippen molar-refractivity contribution in [1.82, 2.24) is 9.97 Å². The van der Waals surface area contributed by atoms with Crippen LogP contribution in [0.1, 0.15) is 24.0 Å². The summed E-state index contributed by atoms with van der Waals surface area (Å²) < 4.78 is 0. The predicted octanol–water partition coefficient (Wildman–Crippen LogP) is 2.65. The Morgan fingerprint density at radius 2 is 2.08 bits per heavy atom. The summed E-state index contributed by atoms with van der Waals surface area (Å²) >= 11 is 6.30. The van der Waals surface area contributed by atoms with E-state index in [0.29, 0.717) is 6.54 Å². The Labute approximate surface area is 146 Å². The fourth-order valence-corrected chi connectivity index (χ4v) is 3.85. The summed E-state index contributed by atoms with van der Waals surface area (Å²) in [5, 5.41) is 10.7. The van der Waals surface area contributed by atoms with E-state index in [1.807, 2.05) is 24.4 Å². The molecule has 0 aliphatic carbocycles. The van der Waals surface area contributed by atoms with E-state index in [0.717, 1.165) is 55.7 Å². The minimum absolute atomic E-state index is 0.263. The van der Waals surface area contributed by atoms with Crippen LogP contribution in [0.15, 0.2) is 30.5 Å². The molecule has 4 rings (SSSR count). The number of piperidine rings is 1. The van der Waals surface area contributed by atoms with Gasteiger partial charge in [0.05, 0.1) is 6.10 Å². The van der Waals surface area contributed by atoms with Gasteiger partial charge in [-0.3, -0.25) is 0 Å². The smallest absolute Gasteiger partial charge is 0.227 e. The van der Waals surface area contributed by atoms with Gasteiger partial charge in [0.25, 0.3) is 0 Å². The van der Waals surface area contributed by atoms with Crippen LogP contribution in [0.5, 0.6) is 0 Å². The fraction of sp³-hybridized carbons (Fsp3) is 0.444. The highest BCUT2D eigenvalue weighted by atomic mass is 35.5. The molecule has 1 fully saturated rings. The maximum Gasteiger partial charge on any atom is 0.227 e. The lowest BCUT2D eigenvalue weighted by molar-refractivity contribution is 0.154. The SMILES string of the molecule is OC1CCCN(c2ccnc(N3CCc4c(Cl)cccc4C3)n2)C1. The second kappa shape index (κ2) is 6.57. The Hall–Kier alpha value is -1.85. The number of fused-ring (bicyclic) bond motifs is 1. The van der Waals surface area contributed by atoms with Crippen molar-refractivity contribution in [1.29, 1.82) is 0 Å². The highest BCUT2D eigenvalue weighted by molar-refractivity contribution is 6.31. The molecule has 126 valence electrons. The molecular formula is C18H21ClN4O. The zero-order chi connectivity index (χ0) is 16.5. The van der Waals surface area contributed by atoms with Crippen LogP contribution in [0.25, 0.3) is 0 Å². The van der Waals surface area contributed by atoms with Gasteiger partial charge >= 0.3 is 0 Å². The van der Waals surface area contributed by atoms with E-state index in [-0.39, 0.29) is 6.10 Å². The first kappa shape index (κ1) is 15.7. The van der Waals surface area contributed by atoms with Crippen LogP contribution in [0, 0.1) is 0 Å². The van der Waals surface area contributed by atoms with Crippen molar-refractivity contribution < 1.29 is 5.11 Å². The van der Waals surface area contributed by atoms with Gasteiger partial charge < -0.3 is 14.9 Å². The lowest BCUT2D eigenvalue weighted by Crippen LogP contribution is -2.39. The number of halogens is 1. The summed E-state index contributed by atoms with van der Waals surface area (Å²) in [7, 11) is 0. The Bertz CT molecular complexity index is 739. The van der Waals surface area contributed by atoms with Crippen LogP contribution in [0.2, 0.25) is 5.02 Å². The van der Waals surface area contributed by atoms with Gasteiger partial charge in [-0.15, -0.1) is 0 Å². The number of nitrogens with zero attached hydrogens (tertiary/aromatic N) is 4. The van der Waals surface area contributed by atoms with Crippen molar-refractivity contribution in [3.63, 3.8) is 0 Å². The van der Waals surface area contributed by atoms with Gasteiger partial charge in [0, 0.05) is 37.4 Å².